The van der Waals surface area contributed by atoms with E-state index in [0.29, 0.717) is 0 Å². The Bertz CT molecular complexity index is 2450. The Morgan fingerprint density at radius 2 is 0.867 bits per heavy atom. The average Bonchev–Trinajstić information content (AvgIpc) is 3.50. The van der Waals surface area contributed by atoms with E-state index in [1.807, 2.05) is 30.5 Å². The van der Waals surface area contributed by atoms with Gasteiger partial charge in [0, 0.05) is 28.1 Å². The average molecular weight is 574 g/mol. The number of nitrogens with zero attached hydrogens (tertiary/aromatic N) is 1. The minimum atomic E-state index is 0.879. The van der Waals surface area contributed by atoms with Crippen LogP contribution < -0.4 is 0 Å². The van der Waals surface area contributed by atoms with Crippen molar-refractivity contribution in [2.75, 3.05) is 0 Å². The Hall–Kier alpha value is -5.99. The van der Waals surface area contributed by atoms with E-state index in [1.54, 1.807) is 0 Å². The van der Waals surface area contributed by atoms with Gasteiger partial charge in [0.2, 0.25) is 0 Å². The second kappa shape index (κ2) is 10.3. The third kappa shape index (κ3) is 4.15. The molecule has 2 heterocycles. The quantitative estimate of drug-likeness (QED) is 0.196. The third-order valence-electron chi connectivity index (χ3n) is 8.94. The SMILES string of the molecule is c1ccc(-c2ccc(-c3c4ccccc4c(-c4ccc(-c5cccc6oc7ccccc7c56)nc4)c4ccccc34)cc2)cc1. The molecule has 0 atom stereocenters. The van der Waals surface area contributed by atoms with Crippen LogP contribution in [-0.4, -0.2) is 4.98 Å². The van der Waals surface area contributed by atoms with E-state index >= 15 is 0 Å². The molecular formula is C43H27NO. The van der Waals surface area contributed by atoms with Gasteiger partial charge in [0.25, 0.3) is 0 Å². The molecule has 0 aliphatic rings. The van der Waals surface area contributed by atoms with Gasteiger partial charge in [-0.25, -0.2) is 0 Å². The lowest BCUT2D eigenvalue weighted by atomic mass is 9.86. The summed E-state index contributed by atoms with van der Waals surface area (Å²) >= 11 is 0. The molecule has 0 bridgehead atoms. The molecule has 0 aliphatic heterocycles. The lowest BCUT2D eigenvalue weighted by molar-refractivity contribution is 0.669. The number of furan rings is 1. The van der Waals surface area contributed by atoms with Crippen molar-refractivity contribution < 1.29 is 4.42 Å². The summed E-state index contributed by atoms with van der Waals surface area (Å²) in [5.74, 6) is 0. The lowest BCUT2D eigenvalue weighted by Crippen LogP contribution is -1.92. The number of rotatable bonds is 4. The predicted molar refractivity (Wildman–Crippen MR) is 188 cm³/mol. The molecule has 0 amide bonds. The fourth-order valence-corrected chi connectivity index (χ4v) is 6.90. The monoisotopic (exact) mass is 573 g/mol. The molecule has 0 radical (unpaired) electrons. The standard InChI is InChI=1S/C43H27NO/c1-2-11-28(12-3-1)29-21-23-30(24-22-29)41-32-13-4-6-15-34(32)42(35-16-7-5-14-33(35)41)31-25-26-38(44-27-31)36-18-10-20-40-43(36)37-17-8-9-19-39(37)45-40/h1-27H. The summed E-state index contributed by atoms with van der Waals surface area (Å²) in [4.78, 5) is 5.05. The van der Waals surface area contributed by atoms with Gasteiger partial charge >= 0.3 is 0 Å². The van der Waals surface area contributed by atoms with Gasteiger partial charge in [-0.3, -0.25) is 4.98 Å². The van der Waals surface area contributed by atoms with Crippen LogP contribution in [0.5, 0.6) is 0 Å². The summed E-state index contributed by atoms with van der Waals surface area (Å²) < 4.78 is 6.15. The van der Waals surface area contributed by atoms with Gasteiger partial charge in [-0.1, -0.05) is 140 Å². The van der Waals surface area contributed by atoms with Crippen molar-refractivity contribution in [3.8, 4) is 44.6 Å². The Balaban J connectivity index is 1.21. The number of aromatic nitrogens is 1. The van der Waals surface area contributed by atoms with Gasteiger partial charge in [0.1, 0.15) is 11.2 Å². The van der Waals surface area contributed by atoms with Crippen molar-refractivity contribution >= 4 is 43.5 Å². The van der Waals surface area contributed by atoms with E-state index in [0.717, 1.165) is 38.8 Å². The highest BCUT2D eigenvalue weighted by molar-refractivity contribution is 6.21. The number of para-hydroxylation sites is 1. The summed E-state index contributed by atoms with van der Waals surface area (Å²) in [5.41, 5.74) is 11.0. The van der Waals surface area contributed by atoms with Gasteiger partial charge < -0.3 is 4.42 Å². The highest BCUT2D eigenvalue weighted by atomic mass is 16.3. The molecule has 45 heavy (non-hydrogen) atoms. The van der Waals surface area contributed by atoms with Gasteiger partial charge in [0.05, 0.1) is 5.69 Å². The Kier molecular flexibility index (Phi) is 5.85. The van der Waals surface area contributed by atoms with Crippen molar-refractivity contribution in [2.24, 2.45) is 0 Å². The van der Waals surface area contributed by atoms with Crippen molar-refractivity contribution in [1.29, 1.82) is 0 Å². The van der Waals surface area contributed by atoms with E-state index in [1.165, 1.54) is 49.4 Å². The van der Waals surface area contributed by atoms with E-state index in [9.17, 15) is 0 Å². The molecule has 2 heteroatoms. The molecule has 7 aromatic carbocycles. The van der Waals surface area contributed by atoms with Crippen LogP contribution in [0.2, 0.25) is 0 Å². The smallest absolute Gasteiger partial charge is 0.136 e. The molecule has 2 aromatic heterocycles. The van der Waals surface area contributed by atoms with Crippen molar-refractivity contribution in [3.05, 3.63) is 164 Å². The highest BCUT2D eigenvalue weighted by Crippen LogP contribution is 2.44. The Morgan fingerprint density at radius 1 is 0.356 bits per heavy atom. The molecular weight excluding hydrogens is 546 g/mol. The number of fused-ring (bicyclic) bond motifs is 5. The summed E-state index contributed by atoms with van der Waals surface area (Å²) in [6.45, 7) is 0. The first-order chi connectivity index (χ1) is 22.3. The normalized spacial score (nSPS) is 11.6. The van der Waals surface area contributed by atoms with Crippen LogP contribution in [0.25, 0.3) is 88.1 Å². The topological polar surface area (TPSA) is 26.0 Å². The van der Waals surface area contributed by atoms with E-state index in [-0.39, 0.29) is 0 Å². The van der Waals surface area contributed by atoms with Crippen LogP contribution in [-0.2, 0) is 0 Å². The lowest BCUT2D eigenvalue weighted by Gasteiger charge is -2.18. The predicted octanol–water partition coefficient (Wildman–Crippen LogP) is 12.0. The second-order valence-electron chi connectivity index (χ2n) is 11.5. The summed E-state index contributed by atoms with van der Waals surface area (Å²) in [6.07, 6.45) is 2.03. The zero-order chi connectivity index (χ0) is 29.7. The molecule has 0 spiro atoms. The molecule has 9 aromatic rings. The molecule has 0 N–H and O–H groups in total. The first kappa shape index (κ1) is 25.5. The first-order valence-electron chi connectivity index (χ1n) is 15.3. The van der Waals surface area contributed by atoms with Crippen LogP contribution >= 0.6 is 0 Å². The van der Waals surface area contributed by atoms with Crippen LogP contribution in [0.4, 0.5) is 0 Å². The number of hydrogen-bond acceptors (Lipinski definition) is 2. The molecule has 0 saturated heterocycles. The summed E-state index contributed by atoms with van der Waals surface area (Å²) in [5, 5.41) is 7.12. The van der Waals surface area contributed by atoms with E-state index in [2.05, 4.69) is 133 Å². The molecule has 0 aliphatic carbocycles. The number of pyridine rings is 1. The van der Waals surface area contributed by atoms with Gasteiger partial charge in [-0.05, 0) is 67.6 Å². The maximum atomic E-state index is 6.15. The maximum Gasteiger partial charge on any atom is 0.136 e. The van der Waals surface area contributed by atoms with Crippen molar-refractivity contribution in [3.63, 3.8) is 0 Å². The molecule has 210 valence electrons. The Labute approximate surface area is 260 Å². The van der Waals surface area contributed by atoms with Gasteiger partial charge in [0.15, 0.2) is 0 Å². The fourth-order valence-electron chi connectivity index (χ4n) is 6.90. The van der Waals surface area contributed by atoms with Crippen molar-refractivity contribution in [2.45, 2.75) is 0 Å². The maximum absolute atomic E-state index is 6.15. The zero-order valence-corrected chi connectivity index (χ0v) is 24.4. The molecule has 0 unspecified atom stereocenters. The summed E-state index contributed by atoms with van der Waals surface area (Å²) in [6, 6.07) is 55.8. The highest BCUT2D eigenvalue weighted by Gasteiger charge is 2.18. The van der Waals surface area contributed by atoms with Crippen LogP contribution in [0.1, 0.15) is 0 Å². The second-order valence-corrected chi connectivity index (χ2v) is 11.5. The van der Waals surface area contributed by atoms with Crippen LogP contribution in [0, 0.1) is 0 Å². The largest absolute Gasteiger partial charge is 0.456 e. The van der Waals surface area contributed by atoms with E-state index in [4.69, 9.17) is 9.40 Å². The molecule has 9 rings (SSSR count). The number of benzene rings is 7. The number of hydrogen-bond donors (Lipinski definition) is 0. The third-order valence-corrected chi connectivity index (χ3v) is 8.94. The minimum absolute atomic E-state index is 0.879. The molecule has 2 nitrogen and oxygen atoms in total. The van der Waals surface area contributed by atoms with Gasteiger partial charge in [-0.15, -0.1) is 0 Å². The Morgan fingerprint density at radius 3 is 1.51 bits per heavy atom. The minimum Gasteiger partial charge on any atom is -0.456 e. The van der Waals surface area contributed by atoms with Crippen LogP contribution in [0.15, 0.2) is 168 Å². The molecule has 0 fully saturated rings. The van der Waals surface area contributed by atoms with Crippen LogP contribution in [0.3, 0.4) is 0 Å². The molecule has 0 saturated carbocycles. The zero-order valence-electron chi connectivity index (χ0n) is 24.4. The summed E-state index contributed by atoms with van der Waals surface area (Å²) in [7, 11) is 0. The van der Waals surface area contributed by atoms with Gasteiger partial charge in [-0.2, -0.15) is 0 Å². The van der Waals surface area contributed by atoms with E-state index < -0.39 is 0 Å². The van der Waals surface area contributed by atoms with Crippen molar-refractivity contribution in [1.82, 2.24) is 4.98 Å². The first-order valence-corrected chi connectivity index (χ1v) is 15.3. The fraction of sp³-hybridized carbons (Fsp3) is 0.